The zero-order valence-corrected chi connectivity index (χ0v) is 11.7. The molecule has 20 heavy (non-hydrogen) atoms. The van der Waals surface area contributed by atoms with E-state index in [1.54, 1.807) is 13.1 Å². The lowest BCUT2D eigenvalue weighted by Gasteiger charge is -2.31. The van der Waals surface area contributed by atoms with E-state index in [0.717, 1.165) is 0 Å². The number of amides is 2. The van der Waals surface area contributed by atoms with Gasteiger partial charge in [-0.25, -0.2) is 4.39 Å². The molecule has 0 bridgehead atoms. The molecule has 1 aromatic carbocycles. The number of likely N-dealkylation sites (N-methyl/N-ethyl adjacent to an activating group) is 1. The Bertz CT molecular complexity index is 591. The van der Waals surface area contributed by atoms with Crippen molar-refractivity contribution in [1.82, 2.24) is 9.80 Å². The third-order valence-corrected chi connectivity index (χ3v) is 3.37. The summed E-state index contributed by atoms with van der Waals surface area (Å²) in [4.78, 5) is 26.3. The van der Waals surface area contributed by atoms with Crippen LogP contribution in [0.3, 0.4) is 0 Å². The second-order valence-corrected chi connectivity index (χ2v) is 5.11. The maximum atomic E-state index is 13.5. The van der Waals surface area contributed by atoms with Crippen molar-refractivity contribution in [2.24, 2.45) is 5.73 Å². The number of halogens is 1. The van der Waals surface area contributed by atoms with E-state index < -0.39 is 17.6 Å². The van der Waals surface area contributed by atoms with Crippen molar-refractivity contribution in [3.63, 3.8) is 0 Å². The third kappa shape index (κ3) is 2.93. The molecule has 5 nitrogen and oxygen atoms in total. The molecular formula is C13H14FN3O2S. The van der Waals surface area contributed by atoms with Gasteiger partial charge in [-0.15, -0.1) is 0 Å². The van der Waals surface area contributed by atoms with Crippen LogP contribution in [0.25, 0.3) is 0 Å². The van der Waals surface area contributed by atoms with Crippen LogP contribution in [-0.2, 0) is 16.1 Å². The molecule has 0 radical (unpaired) electrons. The number of nitrogens with zero attached hydrogens (tertiary/aromatic N) is 2. The Hall–Kier alpha value is -2.02. The zero-order valence-electron chi connectivity index (χ0n) is 10.9. The molecule has 0 unspecified atom stereocenters. The number of carbonyl (C=O) groups excluding carboxylic acids is 2. The summed E-state index contributed by atoms with van der Waals surface area (Å²) in [7, 11) is 1.57. The predicted octanol–water partition coefficient (Wildman–Crippen LogP) is 0.260. The Balaban J connectivity index is 2.20. The standard InChI is InChI=1S/C13H14FN3O2S/c1-16-2-3-17(13(19)12(16)18)7-8-4-9(11(15)20)6-10(14)5-8/h4-6H,2-3,7H2,1H3,(H2,15,20). The molecule has 1 aliphatic heterocycles. The number of nitrogens with two attached hydrogens (primary N) is 1. The van der Waals surface area contributed by atoms with Gasteiger partial charge in [0.15, 0.2) is 0 Å². The summed E-state index contributed by atoms with van der Waals surface area (Å²) < 4.78 is 13.5. The molecule has 7 heteroatoms. The highest BCUT2D eigenvalue weighted by atomic mass is 32.1. The number of hydrogen-bond donors (Lipinski definition) is 1. The first-order valence-electron chi connectivity index (χ1n) is 6.02. The van der Waals surface area contributed by atoms with Crippen LogP contribution in [0.2, 0.25) is 0 Å². The number of rotatable bonds is 3. The molecule has 106 valence electrons. The Morgan fingerprint density at radius 1 is 1.30 bits per heavy atom. The Kier molecular flexibility index (Phi) is 3.99. The van der Waals surface area contributed by atoms with Crippen molar-refractivity contribution in [3.8, 4) is 0 Å². The lowest BCUT2D eigenvalue weighted by Crippen LogP contribution is -2.52. The number of piperazine rings is 1. The average molecular weight is 295 g/mol. The molecular weight excluding hydrogens is 281 g/mol. The minimum absolute atomic E-state index is 0.0894. The van der Waals surface area contributed by atoms with E-state index in [0.29, 0.717) is 24.2 Å². The van der Waals surface area contributed by atoms with Gasteiger partial charge in [-0.2, -0.15) is 0 Å². The lowest BCUT2D eigenvalue weighted by atomic mass is 10.1. The smallest absolute Gasteiger partial charge is 0.312 e. The molecule has 1 saturated heterocycles. The average Bonchev–Trinajstić information content (AvgIpc) is 2.39. The Morgan fingerprint density at radius 3 is 2.65 bits per heavy atom. The van der Waals surface area contributed by atoms with E-state index in [-0.39, 0.29) is 11.5 Å². The number of carbonyl (C=O) groups is 2. The van der Waals surface area contributed by atoms with Gasteiger partial charge in [0.1, 0.15) is 10.8 Å². The number of hydrogen-bond acceptors (Lipinski definition) is 3. The molecule has 1 aliphatic rings. The van der Waals surface area contributed by atoms with Gasteiger partial charge in [-0.3, -0.25) is 9.59 Å². The first-order valence-corrected chi connectivity index (χ1v) is 6.43. The molecule has 1 aromatic rings. The van der Waals surface area contributed by atoms with E-state index in [2.05, 4.69) is 0 Å². The molecule has 0 spiro atoms. The summed E-state index contributed by atoms with van der Waals surface area (Å²) in [5.74, 6) is -1.61. The summed E-state index contributed by atoms with van der Waals surface area (Å²) in [6, 6.07) is 4.17. The third-order valence-electron chi connectivity index (χ3n) is 3.14. The van der Waals surface area contributed by atoms with Gasteiger partial charge in [0.25, 0.3) is 0 Å². The normalized spacial score (nSPS) is 15.7. The quantitative estimate of drug-likeness (QED) is 0.642. The van der Waals surface area contributed by atoms with Gasteiger partial charge in [0.05, 0.1) is 0 Å². The molecule has 2 amide bonds. The lowest BCUT2D eigenvalue weighted by molar-refractivity contribution is -0.155. The van der Waals surface area contributed by atoms with Crippen molar-refractivity contribution in [1.29, 1.82) is 0 Å². The topological polar surface area (TPSA) is 66.6 Å². The van der Waals surface area contributed by atoms with E-state index >= 15 is 0 Å². The zero-order chi connectivity index (χ0) is 14.9. The summed E-state index contributed by atoms with van der Waals surface area (Å²) in [5, 5.41) is 0. The Labute approximate surface area is 121 Å². The predicted molar refractivity (Wildman–Crippen MR) is 75.3 cm³/mol. The minimum atomic E-state index is -0.583. The van der Waals surface area contributed by atoms with E-state index in [1.165, 1.54) is 21.9 Å². The second kappa shape index (κ2) is 5.54. The SMILES string of the molecule is CN1CCN(Cc2cc(F)cc(C(N)=S)c2)C(=O)C1=O. The van der Waals surface area contributed by atoms with E-state index in [1.807, 2.05) is 0 Å². The molecule has 0 saturated carbocycles. The first-order chi connectivity index (χ1) is 9.38. The molecule has 1 fully saturated rings. The highest BCUT2D eigenvalue weighted by Crippen LogP contribution is 2.14. The van der Waals surface area contributed by atoms with Crippen LogP contribution in [0.4, 0.5) is 4.39 Å². The van der Waals surface area contributed by atoms with Crippen molar-refractivity contribution in [3.05, 3.63) is 35.1 Å². The second-order valence-electron chi connectivity index (χ2n) is 4.67. The summed E-state index contributed by atoms with van der Waals surface area (Å²) >= 11 is 4.81. The first kappa shape index (κ1) is 14.4. The monoisotopic (exact) mass is 295 g/mol. The summed E-state index contributed by atoms with van der Waals surface area (Å²) in [6.07, 6.45) is 0. The van der Waals surface area contributed by atoms with Gasteiger partial charge in [-0.05, 0) is 23.8 Å². The van der Waals surface area contributed by atoms with E-state index in [4.69, 9.17) is 18.0 Å². The van der Waals surface area contributed by atoms with Gasteiger partial charge < -0.3 is 15.5 Å². The van der Waals surface area contributed by atoms with Crippen LogP contribution < -0.4 is 5.73 Å². The minimum Gasteiger partial charge on any atom is -0.389 e. The number of benzene rings is 1. The largest absolute Gasteiger partial charge is 0.389 e. The highest BCUT2D eigenvalue weighted by Gasteiger charge is 2.30. The molecule has 2 N–H and O–H groups in total. The van der Waals surface area contributed by atoms with Gasteiger partial charge in [0, 0.05) is 32.2 Å². The molecule has 2 rings (SSSR count). The van der Waals surface area contributed by atoms with Crippen molar-refractivity contribution in [2.45, 2.75) is 6.54 Å². The number of thiocarbonyl (C=S) groups is 1. The summed E-state index contributed by atoms with van der Waals surface area (Å²) in [5.41, 5.74) is 6.44. The van der Waals surface area contributed by atoms with Crippen molar-refractivity contribution >= 4 is 29.0 Å². The van der Waals surface area contributed by atoms with Crippen LogP contribution in [0.1, 0.15) is 11.1 Å². The summed E-state index contributed by atoms with van der Waals surface area (Å²) in [6.45, 7) is 1.04. The van der Waals surface area contributed by atoms with Crippen LogP contribution >= 0.6 is 12.2 Å². The molecule has 0 aliphatic carbocycles. The molecule has 0 atom stereocenters. The molecule has 0 aromatic heterocycles. The van der Waals surface area contributed by atoms with Crippen LogP contribution in [0, 0.1) is 5.82 Å². The fourth-order valence-corrected chi connectivity index (χ4v) is 2.15. The van der Waals surface area contributed by atoms with Gasteiger partial charge >= 0.3 is 11.8 Å². The highest BCUT2D eigenvalue weighted by molar-refractivity contribution is 7.80. The molecule has 1 heterocycles. The fourth-order valence-electron chi connectivity index (χ4n) is 2.03. The van der Waals surface area contributed by atoms with Crippen LogP contribution in [0.5, 0.6) is 0 Å². The van der Waals surface area contributed by atoms with Crippen LogP contribution in [0.15, 0.2) is 18.2 Å². The van der Waals surface area contributed by atoms with E-state index in [9.17, 15) is 14.0 Å². The maximum absolute atomic E-state index is 13.5. The van der Waals surface area contributed by atoms with Crippen molar-refractivity contribution < 1.29 is 14.0 Å². The Morgan fingerprint density at radius 2 is 2.00 bits per heavy atom. The fraction of sp³-hybridized carbons (Fsp3) is 0.308. The maximum Gasteiger partial charge on any atom is 0.312 e. The van der Waals surface area contributed by atoms with Crippen LogP contribution in [-0.4, -0.2) is 46.7 Å². The van der Waals surface area contributed by atoms with Gasteiger partial charge in [0.2, 0.25) is 0 Å². The van der Waals surface area contributed by atoms with Crippen molar-refractivity contribution in [2.75, 3.05) is 20.1 Å². The van der Waals surface area contributed by atoms with Gasteiger partial charge in [-0.1, -0.05) is 12.2 Å².